The molecule has 1 atom stereocenters. The van der Waals surface area contributed by atoms with Crippen LogP contribution in [0.15, 0.2) is 24.3 Å². The van der Waals surface area contributed by atoms with E-state index in [2.05, 4.69) is 33.0 Å². The van der Waals surface area contributed by atoms with Crippen LogP contribution in [0.1, 0.15) is 52.5 Å². The normalized spacial score (nSPS) is 13.2. The molecular weight excluding hydrogens is 249 g/mol. The molecule has 1 rings (SSSR count). The van der Waals surface area contributed by atoms with Gasteiger partial charge in [-0.25, -0.2) is 4.39 Å². The van der Waals surface area contributed by atoms with E-state index in [4.69, 9.17) is 0 Å². The lowest BCUT2D eigenvalue weighted by molar-refractivity contribution is 0.393. The third-order valence-corrected chi connectivity index (χ3v) is 3.65. The first-order chi connectivity index (χ1) is 9.47. The Morgan fingerprint density at radius 1 is 1.00 bits per heavy atom. The minimum absolute atomic E-state index is 0.148. The highest BCUT2D eigenvalue weighted by atomic mass is 19.1. The van der Waals surface area contributed by atoms with Crippen LogP contribution in [0.25, 0.3) is 0 Å². The standard InChI is InChI=1S/C18H30FN/c1-14(2)6-5-7-17(13-20-15(3)4)12-16-8-10-18(19)11-9-16/h8-11,14-15,17,20H,5-7,12-13H2,1-4H3. The fraction of sp³-hybridized carbons (Fsp3) is 0.667. The van der Waals surface area contributed by atoms with Crippen LogP contribution in [-0.4, -0.2) is 12.6 Å². The molecule has 114 valence electrons. The van der Waals surface area contributed by atoms with Crippen molar-refractivity contribution in [3.63, 3.8) is 0 Å². The van der Waals surface area contributed by atoms with Gasteiger partial charge in [-0.15, -0.1) is 0 Å². The van der Waals surface area contributed by atoms with Gasteiger partial charge >= 0.3 is 0 Å². The zero-order valence-electron chi connectivity index (χ0n) is 13.5. The number of benzene rings is 1. The van der Waals surface area contributed by atoms with Crippen molar-refractivity contribution in [2.24, 2.45) is 11.8 Å². The number of nitrogens with one attached hydrogen (secondary N) is 1. The van der Waals surface area contributed by atoms with Crippen LogP contribution in [0.2, 0.25) is 0 Å². The van der Waals surface area contributed by atoms with Gasteiger partial charge < -0.3 is 5.32 Å². The van der Waals surface area contributed by atoms with Gasteiger partial charge in [-0.05, 0) is 48.9 Å². The summed E-state index contributed by atoms with van der Waals surface area (Å²) in [6.07, 6.45) is 4.86. The van der Waals surface area contributed by atoms with E-state index in [-0.39, 0.29) is 5.82 Å². The molecular formula is C18H30FN. The van der Waals surface area contributed by atoms with Crippen molar-refractivity contribution in [1.29, 1.82) is 0 Å². The Labute approximate surface area is 124 Å². The molecule has 1 N–H and O–H groups in total. The molecule has 0 saturated carbocycles. The first kappa shape index (κ1) is 17.2. The number of rotatable bonds is 9. The zero-order valence-corrected chi connectivity index (χ0v) is 13.5. The van der Waals surface area contributed by atoms with E-state index < -0.39 is 0 Å². The van der Waals surface area contributed by atoms with Gasteiger partial charge in [0.1, 0.15) is 5.82 Å². The highest BCUT2D eigenvalue weighted by Crippen LogP contribution is 2.17. The SMILES string of the molecule is CC(C)CCCC(CNC(C)C)Cc1ccc(F)cc1. The average molecular weight is 279 g/mol. The topological polar surface area (TPSA) is 12.0 Å². The predicted octanol–water partition coefficient (Wildman–Crippen LogP) is 4.81. The van der Waals surface area contributed by atoms with Crippen molar-refractivity contribution >= 4 is 0 Å². The molecule has 0 bridgehead atoms. The maximum atomic E-state index is 13.0. The molecule has 0 fully saturated rings. The Bertz CT molecular complexity index is 356. The summed E-state index contributed by atoms with van der Waals surface area (Å²) in [6.45, 7) is 9.97. The molecule has 0 saturated heterocycles. The Balaban J connectivity index is 2.49. The maximum Gasteiger partial charge on any atom is 0.123 e. The summed E-state index contributed by atoms with van der Waals surface area (Å²) in [6, 6.07) is 7.49. The van der Waals surface area contributed by atoms with Gasteiger partial charge in [-0.2, -0.15) is 0 Å². The Kier molecular flexibility index (Phi) is 7.83. The Hall–Kier alpha value is -0.890. The molecule has 0 aliphatic heterocycles. The third kappa shape index (κ3) is 7.64. The van der Waals surface area contributed by atoms with Crippen LogP contribution < -0.4 is 5.32 Å². The number of halogens is 1. The number of hydrogen-bond acceptors (Lipinski definition) is 1. The van der Waals surface area contributed by atoms with Gasteiger partial charge in [0.05, 0.1) is 0 Å². The van der Waals surface area contributed by atoms with Gasteiger partial charge in [0, 0.05) is 6.04 Å². The zero-order chi connectivity index (χ0) is 15.0. The van der Waals surface area contributed by atoms with Gasteiger partial charge in [0.2, 0.25) is 0 Å². The van der Waals surface area contributed by atoms with Gasteiger partial charge in [-0.1, -0.05) is 52.7 Å². The van der Waals surface area contributed by atoms with Gasteiger partial charge in [-0.3, -0.25) is 0 Å². The molecule has 1 aromatic rings. The molecule has 0 spiro atoms. The number of hydrogen-bond donors (Lipinski definition) is 1. The van der Waals surface area contributed by atoms with Crippen molar-refractivity contribution in [1.82, 2.24) is 5.32 Å². The van der Waals surface area contributed by atoms with Gasteiger partial charge in [0.15, 0.2) is 0 Å². The molecule has 0 heterocycles. The monoisotopic (exact) mass is 279 g/mol. The molecule has 0 amide bonds. The van der Waals surface area contributed by atoms with Crippen LogP contribution in [0.4, 0.5) is 4.39 Å². The van der Waals surface area contributed by atoms with Crippen molar-refractivity contribution in [3.05, 3.63) is 35.6 Å². The molecule has 1 unspecified atom stereocenters. The molecule has 0 aliphatic rings. The predicted molar refractivity (Wildman–Crippen MR) is 85.4 cm³/mol. The smallest absolute Gasteiger partial charge is 0.123 e. The molecule has 0 aliphatic carbocycles. The van der Waals surface area contributed by atoms with Crippen molar-refractivity contribution in [3.8, 4) is 0 Å². The second-order valence-corrected chi connectivity index (χ2v) is 6.58. The summed E-state index contributed by atoms with van der Waals surface area (Å²) in [5, 5.41) is 3.54. The van der Waals surface area contributed by atoms with Crippen LogP contribution in [-0.2, 0) is 6.42 Å². The lowest BCUT2D eigenvalue weighted by Crippen LogP contribution is -2.30. The fourth-order valence-corrected chi connectivity index (χ4v) is 2.45. The summed E-state index contributed by atoms with van der Waals surface area (Å²) >= 11 is 0. The molecule has 1 nitrogen and oxygen atoms in total. The fourth-order valence-electron chi connectivity index (χ4n) is 2.45. The highest BCUT2D eigenvalue weighted by Gasteiger charge is 2.11. The van der Waals surface area contributed by atoms with E-state index in [1.165, 1.54) is 24.8 Å². The van der Waals surface area contributed by atoms with Crippen LogP contribution in [0.5, 0.6) is 0 Å². The van der Waals surface area contributed by atoms with Crippen molar-refractivity contribution < 1.29 is 4.39 Å². The van der Waals surface area contributed by atoms with E-state index in [0.29, 0.717) is 12.0 Å². The first-order valence-corrected chi connectivity index (χ1v) is 7.95. The first-order valence-electron chi connectivity index (χ1n) is 7.95. The third-order valence-electron chi connectivity index (χ3n) is 3.65. The molecule has 20 heavy (non-hydrogen) atoms. The highest BCUT2D eigenvalue weighted by molar-refractivity contribution is 5.16. The van der Waals surface area contributed by atoms with Crippen LogP contribution in [0, 0.1) is 17.7 Å². The van der Waals surface area contributed by atoms with E-state index in [1.807, 2.05) is 12.1 Å². The minimum Gasteiger partial charge on any atom is -0.314 e. The Morgan fingerprint density at radius 2 is 1.65 bits per heavy atom. The van der Waals surface area contributed by atoms with Crippen molar-refractivity contribution in [2.45, 2.75) is 59.4 Å². The van der Waals surface area contributed by atoms with Gasteiger partial charge in [0.25, 0.3) is 0 Å². The van der Waals surface area contributed by atoms with E-state index in [1.54, 1.807) is 12.1 Å². The summed E-state index contributed by atoms with van der Waals surface area (Å²) < 4.78 is 13.0. The summed E-state index contributed by atoms with van der Waals surface area (Å²) in [7, 11) is 0. The lowest BCUT2D eigenvalue weighted by Gasteiger charge is -2.20. The second-order valence-electron chi connectivity index (χ2n) is 6.58. The molecule has 1 aromatic carbocycles. The van der Waals surface area contributed by atoms with Crippen molar-refractivity contribution in [2.75, 3.05) is 6.54 Å². The summed E-state index contributed by atoms with van der Waals surface area (Å²) in [5.74, 6) is 1.27. The van der Waals surface area contributed by atoms with Crippen LogP contribution in [0.3, 0.4) is 0 Å². The average Bonchev–Trinajstić information content (AvgIpc) is 2.37. The minimum atomic E-state index is -0.148. The lowest BCUT2D eigenvalue weighted by atomic mass is 9.92. The maximum absolute atomic E-state index is 13.0. The quantitative estimate of drug-likeness (QED) is 0.684. The largest absolute Gasteiger partial charge is 0.314 e. The summed E-state index contributed by atoms with van der Waals surface area (Å²) in [4.78, 5) is 0. The molecule has 0 radical (unpaired) electrons. The molecule has 0 aromatic heterocycles. The molecule has 2 heteroatoms. The van der Waals surface area contributed by atoms with E-state index >= 15 is 0 Å². The summed E-state index contributed by atoms with van der Waals surface area (Å²) in [5.41, 5.74) is 1.24. The van der Waals surface area contributed by atoms with E-state index in [9.17, 15) is 4.39 Å². The Morgan fingerprint density at radius 3 is 2.20 bits per heavy atom. The van der Waals surface area contributed by atoms with Crippen LogP contribution >= 0.6 is 0 Å². The second kappa shape index (κ2) is 9.12. The van der Waals surface area contributed by atoms with E-state index in [0.717, 1.165) is 18.9 Å².